The third-order valence-electron chi connectivity index (χ3n) is 8.98. The maximum absolute atomic E-state index is 13.3. The molecule has 2 aromatic carbocycles. The average Bonchev–Trinajstić information content (AvgIpc) is 3.61. The van der Waals surface area contributed by atoms with E-state index < -0.39 is 0 Å². The predicted octanol–water partition coefficient (Wildman–Crippen LogP) is 4.64. The van der Waals surface area contributed by atoms with Crippen LogP contribution in [0.3, 0.4) is 0 Å². The molecule has 11 heteroatoms. The van der Waals surface area contributed by atoms with Gasteiger partial charge in [-0.15, -0.1) is 0 Å². The summed E-state index contributed by atoms with van der Waals surface area (Å²) >= 11 is 0. The molecule has 0 aliphatic carbocycles. The number of carbonyl (C=O) groups is 1. The molecule has 3 N–H and O–H groups in total. The summed E-state index contributed by atoms with van der Waals surface area (Å²) in [5, 5.41) is 9.84. The molecule has 3 aromatic heterocycles. The van der Waals surface area contributed by atoms with Gasteiger partial charge in [0.15, 0.2) is 5.65 Å². The van der Waals surface area contributed by atoms with Gasteiger partial charge in [0.05, 0.1) is 24.2 Å². The number of hydrogen-bond donors (Lipinski definition) is 2. The van der Waals surface area contributed by atoms with Crippen molar-refractivity contribution in [3.8, 4) is 17.0 Å². The van der Waals surface area contributed by atoms with E-state index in [0.717, 1.165) is 79.5 Å². The minimum absolute atomic E-state index is 0.211. The monoisotopic (exact) mass is 580 g/mol. The molecule has 5 aromatic rings. The zero-order valence-corrected chi connectivity index (χ0v) is 24.5. The molecule has 11 nitrogen and oxygen atoms in total. The SMILES string of the molecule is COc1cc(-c2nn(C3CCN(C4CCOCC4)CC3)c3ncnc(N)c23)ccc1NC(=O)c1cc2ccccc2n1C. The number of methoxy groups -OCH3 is 1. The summed E-state index contributed by atoms with van der Waals surface area (Å²) in [5.74, 6) is 0.690. The maximum Gasteiger partial charge on any atom is 0.272 e. The van der Waals surface area contributed by atoms with E-state index >= 15 is 0 Å². The highest BCUT2D eigenvalue weighted by Crippen LogP contribution is 2.38. The molecule has 2 saturated heterocycles. The minimum Gasteiger partial charge on any atom is -0.495 e. The van der Waals surface area contributed by atoms with Gasteiger partial charge >= 0.3 is 0 Å². The molecule has 2 fully saturated rings. The van der Waals surface area contributed by atoms with Crippen molar-refractivity contribution in [1.82, 2.24) is 29.2 Å². The number of piperidine rings is 1. The number of carbonyl (C=O) groups excluding carboxylic acids is 1. The van der Waals surface area contributed by atoms with E-state index in [1.54, 1.807) is 7.11 Å². The summed E-state index contributed by atoms with van der Waals surface area (Å²) in [7, 11) is 3.48. The number of para-hydroxylation sites is 1. The molecule has 1 amide bonds. The van der Waals surface area contributed by atoms with Crippen molar-refractivity contribution in [2.75, 3.05) is 44.5 Å². The Bertz CT molecular complexity index is 1800. The summed E-state index contributed by atoms with van der Waals surface area (Å²) in [6.07, 6.45) is 5.68. The lowest BCUT2D eigenvalue weighted by Gasteiger charge is -2.39. The van der Waals surface area contributed by atoms with E-state index in [9.17, 15) is 4.79 Å². The topological polar surface area (TPSA) is 125 Å². The Hall–Kier alpha value is -4.48. The third-order valence-corrected chi connectivity index (χ3v) is 8.98. The van der Waals surface area contributed by atoms with Crippen LogP contribution in [0.1, 0.15) is 42.2 Å². The van der Waals surface area contributed by atoms with Crippen LogP contribution in [0.25, 0.3) is 33.2 Å². The number of fused-ring (bicyclic) bond motifs is 2. The van der Waals surface area contributed by atoms with Crippen LogP contribution < -0.4 is 15.8 Å². The Balaban J connectivity index is 1.17. The maximum atomic E-state index is 13.3. The number of amides is 1. The van der Waals surface area contributed by atoms with Gasteiger partial charge in [-0.05, 0) is 49.9 Å². The molecule has 2 aliphatic heterocycles. The Morgan fingerprint density at radius 3 is 2.58 bits per heavy atom. The number of likely N-dealkylation sites (tertiary alicyclic amines) is 1. The van der Waals surface area contributed by atoms with Crippen LogP contribution in [0, 0.1) is 0 Å². The number of benzene rings is 2. The molecule has 2 aliphatic rings. The van der Waals surface area contributed by atoms with Crippen LogP contribution in [-0.4, -0.2) is 74.6 Å². The molecule has 0 unspecified atom stereocenters. The highest BCUT2D eigenvalue weighted by Gasteiger charge is 2.30. The normalized spacial score (nSPS) is 17.1. The van der Waals surface area contributed by atoms with Crippen molar-refractivity contribution in [3.63, 3.8) is 0 Å². The fraction of sp³-hybridized carbons (Fsp3) is 0.375. The van der Waals surface area contributed by atoms with Crippen LogP contribution in [0.2, 0.25) is 0 Å². The zero-order valence-electron chi connectivity index (χ0n) is 24.5. The molecule has 0 spiro atoms. The first kappa shape index (κ1) is 27.4. The summed E-state index contributed by atoms with van der Waals surface area (Å²) in [6.45, 7) is 3.74. The second-order valence-electron chi connectivity index (χ2n) is 11.4. The second-order valence-corrected chi connectivity index (χ2v) is 11.4. The zero-order chi connectivity index (χ0) is 29.5. The van der Waals surface area contributed by atoms with Gasteiger partial charge in [0.1, 0.15) is 29.3 Å². The lowest BCUT2D eigenvalue weighted by Crippen LogP contribution is -2.44. The second kappa shape index (κ2) is 11.3. The average molecular weight is 581 g/mol. The molecule has 0 atom stereocenters. The molecule has 0 saturated carbocycles. The van der Waals surface area contributed by atoms with E-state index in [4.69, 9.17) is 20.3 Å². The van der Waals surface area contributed by atoms with E-state index in [0.29, 0.717) is 34.7 Å². The van der Waals surface area contributed by atoms with Gasteiger partial charge in [-0.25, -0.2) is 14.6 Å². The number of nitrogens with zero attached hydrogens (tertiary/aromatic N) is 6. The summed E-state index contributed by atoms with van der Waals surface area (Å²) in [4.78, 5) is 24.8. The van der Waals surface area contributed by atoms with Gasteiger partial charge in [0, 0.05) is 55.9 Å². The first-order valence-electron chi connectivity index (χ1n) is 14.9. The number of nitrogens with one attached hydrogen (secondary N) is 1. The summed E-state index contributed by atoms with van der Waals surface area (Å²) in [5.41, 5.74) is 10.8. The smallest absolute Gasteiger partial charge is 0.272 e. The van der Waals surface area contributed by atoms with Gasteiger partial charge < -0.3 is 30.0 Å². The fourth-order valence-electron chi connectivity index (χ4n) is 6.63. The molecular formula is C32H36N8O3. The van der Waals surface area contributed by atoms with E-state index in [1.807, 2.05) is 64.8 Å². The number of hydrogen-bond acceptors (Lipinski definition) is 8. The van der Waals surface area contributed by atoms with Gasteiger partial charge in [-0.1, -0.05) is 24.3 Å². The number of rotatable bonds is 6. The molecular weight excluding hydrogens is 544 g/mol. The molecule has 0 bridgehead atoms. The summed E-state index contributed by atoms with van der Waals surface area (Å²) in [6, 6.07) is 16.3. The first-order valence-corrected chi connectivity index (χ1v) is 14.9. The van der Waals surface area contributed by atoms with Crippen molar-refractivity contribution >= 4 is 39.3 Å². The van der Waals surface area contributed by atoms with Crippen LogP contribution in [0.15, 0.2) is 54.9 Å². The fourth-order valence-corrected chi connectivity index (χ4v) is 6.63. The van der Waals surface area contributed by atoms with Crippen LogP contribution in [-0.2, 0) is 11.8 Å². The molecule has 7 rings (SSSR count). The lowest BCUT2D eigenvalue weighted by atomic mass is 10.00. The van der Waals surface area contributed by atoms with Gasteiger partial charge in [0.25, 0.3) is 5.91 Å². The van der Waals surface area contributed by atoms with Crippen LogP contribution >= 0.6 is 0 Å². The van der Waals surface area contributed by atoms with Gasteiger partial charge in [-0.2, -0.15) is 5.10 Å². The van der Waals surface area contributed by atoms with Gasteiger partial charge in [-0.3, -0.25) is 4.79 Å². The van der Waals surface area contributed by atoms with Crippen molar-refractivity contribution in [2.24, 2.45) is 7.05 Å². The van der Waals surface area contributed by atoms with E-state index in [-0.39, 0.29) is 11.9 Å². The van der Waals surface area contributed by atoms with Gasteiger partial charge in [0.2, 0.25) is 0 Å². The molecule has 43 heavy (non-hydrogen) atoms. The molecule has 5 heterocycles. The number of ether oxygens (including phenoxy) is 2. The predicted molar refractivity (Wildman–Crippen MR) is 166 cm³/mol. The summed E-state index contributed by atoms with van der Waals surface area (Å²) < 4.78 is 15.2. The van der Waals surface area contributed by atoms with Crippen molar-refractivity contribution in [1.29, 1.82) is 0 Å². The Morgan fingerprint density at radius 1 is 1.02 bits per heavy atom. The molecule has 222 valence electrons. The van der Waals surface area contributed by atoms with Crippen LogP contribution in [0.4, 0.5) is 11.5 Å². The largest absolute Gasteiger partial charge is 0.495 e. The third kappa shape index (κ3) is 4.98. The highest BCUT2D eigenvalue weighted by molar-refractivity contribution is 6.07. The lowest BCUT2D eigenvalue weighted by molar-refractivity contribution is 0.0215. The number of nitrogens with two attached hydrogens (primary N) is 1. The Kier molecular flexibility index (Phi) is 7.20. The van der Waals surface area contributed by atoms with Crippen molar-refractivity contribution < 1.29 is 14.3 Å². The number of nitrogen functional groups attached to an aromatic ring is 1. The minimum atomic E-state index is -0.218. The number of aryl methyl sites for hydroxylation is 1. The van der Waals surface area contributed by atoms with E-state index in [2.05, 4.69) is 20.2 Å². The Labute approximate surface area is 249 Å². The highest BCUT2D eigenvalue weighted by atomic mass is 16.5. The first-order chi connectivity index (χ1) is 21.0. The van der Waals surface area contributed by atoms with Crippen LogP contribution in [0.5, 0.6) is 5.75 Å². The number of aromatic nitrogens is 5. The quantitative estimate of drug-likeness (QED) is 0.298. The standard InChI is InChI=1S/C32H36N8O3/c1-38-25-6-4-3-5-20(25)17-26(38)32(41)36-24-8-7-21(18-27(24)42-2)29-28-30(33)34-19-35-31(28)40(37-29)23-9-13-39(14-10-23)22-11-15-43-16-12-22/h3-8,17-19,22-23H,9-16H2,1-2H3,(H,36,41)(H2,33,34,35). The van der Waals surface area contributed by atoms with Crippen molar-refractivity contribution in [2.45, 2.75) is 37.8 Å². The number of anilines is 2. The van der Waals surface area contributed by atoms with E-state index in [1.165, 1.54) is 6.33 Å². The Morgan fingerprint density at radius 2 is 1.81 bits per heavy atom. The molecule has 0 radical (unpaired) electrons. The van der Waals surface area contributed by atoms with Crippen molar-refractivity contribution in [3.05, 3.63) is 60.6 Å².